The van der Waals surface area contributed by atoms with E-state index in [4.69, 9.17) is 0 Å². The highest BCUT2D eigenvalue weighted by molar-refractivity contribution is 7.12. The Hall–Kier alpha value is -0.830. The van der Waals surface area contributed by atoms with Crippen molar-refractivity contribution < 1.29 is 4.79 Å². The molecular weight excluding hydrogens is 182 g/mol. The highest BCUT2D eigenvalue weighted by Gasteiger charge is 2.05. The maximum atomic E-state index is 11.4. The molecule has 0 fully saturated rings. The smallest absolute Gasteiger partial charge is 0.261 e. The van der Waals surface area contributed by atoms with Gasteiger partial charge in [0.15, 0.2) is 0 Å². The second kappa shape index (κ2) is 5.02. The van der Waals surface area contributed by atoms with Crippen molar-refractivity contribution in [3.8, 4) is 0 Å². The number of aryl methyl sites for hydroxylation is 1. The van der Waals surface area contributed by atoms with E-state index in [1.165, 1.54) is 11.3 Å². The fourth-order valence-corrected chi connectivity index (χ4v) is 1.83. The van der Waals surface area contributed by atoms with Gasteiger partial charge in [0.05, 0.1) is 4.88 Å². The van der Waals surface area contributed by atoms with Crippen LogP contribution in [0.2, 0.25) is 0 Å². The Labute approximate surface area is 83.0 Å². The summed E-state index contributed by atoms with van der Waals surface area (Å²) in [5.74, 6) is 0.0616. The maximum Gasteiger partial charge on any atom is 0.261 e. The summed E-state index contributed by atoms with van der Waals surface area (Å²) in [6.45, 7) is 4.90. The number of rotatable bonds is 4. The number of amides is 1. The second-order valence-corrected chi connectivity index (χ2v) is 4.01. The van der Waals surface area contributed by atoms with E-state index in [9.17, 15) is 4.79 Å². The SMILES string of the molecule is CCCCNC(=O)c1cc(C)cs1. The van der Waals surface area contributed by atoms with Gasteiger partial charge in [-0.15, -0.1) is 11.3 Å². The minimum atomic E-state index is 0.0616. The van der Waals surface area contributed by atoms with Crippen LogP contribution in [-0.2, 0) is 0 Å². The fraction of sp³-hybridized carbons (Fsp3) is 0.500. The number of hydrogen-bond acceptors (Lipinski definition) is 2. The van der Waals surface area contributed by atoms with Crippen LogP contribution in [0.25, 0.3) is 0 Å². The zero-order valence-corrected chi connectivity index (χ0v) is 8.91. The molecule has 0 spiro atoms. The van der Waals surface area contributed by atoms with E-state index >= 15 is 0 Å². The molecule has 1 heterocycles. The molecule has 0 aliphatic heterocycles. The molecule has 0 bridgehead atoms. The van der Waals surface area contributed by atoms with Crippen molar-refractivity contribution in [2.45, 2.75) is 26.7 Å². The first-order valence-corrected chi connectivity index (χ1v) is 5.45. The van der Waals surface area contributed by atoms with Crippen LogP contribution in [0, 0.1) is 6.92 Å². The molecule has 1 aromatic heterocycles. The lowest BCUT2D eigenvalue weighted by molar-refractivity contribution is 0.0957. The van der Waals surface area contributed by atoms with Gasteiger partial charge in [-0.2, -0.15) is 0 Å². The summed E-state index contributed by atoms with van der Waals surface area (Å²) in [5.41, 5.74) is 1.16. The Bertz CT molecular complexity index is 280. The number of nitrogens with one attached hydrogen (secondary N) is 1. The van der Waals surface area contributed by atoms with Crippen molar-refractivity contribution in [2.24, 2.45) is 0 Å². The molecule has 0 saturated carbocycles. The Morgan fingerprint density at radius 3 is 2.92 bits per heavy atom. The molecule has 3 heteroatoms. The highest BCUT2D eigenvalue weighted by Crippen LogP contribution is 2.12. The molecule has 0 aliphatic rings. The summed E-state index contributed by atoms with van der Waals surface area (Å²) < 4.78 is 0. The van der Waals surface area contributed by atoms with E-state index in [1.54, 1.807) is 0 Å². The zero-order chi connectivity index (χ0) is 9.68. The van der Waals surface area contributed by atoms with Gasteiger partial charge < -0.3 is 5.32 Å². The van der Waals surface area contributed by atoms with Crippen molar-refractivity contribution in [1.82, 2.24) is 5.32 Å². The van der Waals surface area contributed by atoms with Crippen LogP contribution in [0.3, 0.4) is 0 Å². The van der Waals surface area contributed by atoms with Crippen LogP contribution in [0.15, 0.2) is 11.4 Å². The first-order chi connectivity index (χ1) is 6.24. The van der Waals surface area contributed by atoms with Gasteiger partial charge >= 0.3 is 0 Å². The molecule has 0 aromatic carbocycles. The molecule has 2 nitrogen and oxygen atoms in total. The zero-order valence-electron chi connectivity index (χ0n) is 8.09. The Kier molecular flexibility index (Phi) is 3.96. The summed E-state index contributed by atoms with van der Waals surface area (Å²) in [4.78, 5) is 12.2. The van der Waals surface area contributed by atoms with Gasteiger partial charge in [0, 0.05) is 6.54 Å². The average Bonchev–Trinajstić information content (AvgIpc) is 2.52. The molecule has 1 aromatic rings. The first kappa shape index (κ1) is 10.3. The molecule has 0 aliphatic carbocycles. The normalized spacial score (nSPS) is 10.0. The van der Waals surface area contributed by atoms with E-state index in [1.807, 2.05) is 18.4 Å². The molecule has 72 valence electrons. The average molecular weight is 197 g/mol. The van der Waals surface area contributed by atoms with Crippen LogP contribution in [0.4, 0.5) is 0 Å². The van der Waals surface area contributed by atoms with Crippen molar-refractivity contribution in [1.29, 1.82) is 0 Å². The van der Waals surface area contributed by atoms with Gasteiger partial charge in [-0.25, -0.2) is 0 Å². The van der Waals surface area contributed by atoms with Gasteiger partial charge in [-0.05, 0) is 30.4 Å². The van der Waals surface area contributed by atoms with Crippen molar-refractivity contribution in [2.75, 3.05) is 6.54 Å². The molecule has 0 saturated heterocycles. The monoisotopic (exact) mass is 197 g/mol. The lowest BCUT2D eigenvalue weighted by Gasteiger charge is -2.00. The predicted molar refractivity (Wildman–Crippen MR) is 56.3 cm³/mol. The third-order valence-corrected chi connectivity index (χ3v) is 2.82. The third kappa shape index (κ3) is 3.19. The Balaban J connectivity index is 2.40. The lowest BCUT2D eigenvalue weighted by atomic mass is 10.3. The van der Waals surface area contributed by atoms with Crippen molar-refractivity contribution in [3.63, 3.8) is 0 Å². The fourth-order valence-electron chi connectivity index (χ4n) is 1.02. The Morgan fingerprint density at radius 1 is 1.62 bits per heavy atom. The van der Waals surface area contributed by atoms with Gasteiger partial charge in [0.1, 0.15) is 0 Å². The molecule has 1 N–H and O–H groups in total. The number of unbranched alkanes of at least 4 members (excludes halogenated alkanes) is 1. The van der Waals surface area contributed by atoms with Crippen LogP contribution < -0.4 is 5.32 Å². The molecule has 1 rings (SSSR count). The third-order valence-electron chi connectivity index (χ3n) is 1.77. The van der Waals surface area contributed by atoms with Crippen LogP contribution in [-0.4, -0.2) is 12.5 Å². The summed E-state index contributed by atoms with van der Waals surface area (Å²) in [5, 5.41) is 4.88. The number of thiophene rings is 1. The molecule has 0 radical (unpaired) electrons. The van der Waals surface area contributed by atoms with Crippen LogP contribution in [0.5, 0.6) is 0 Å². The minimum absolute atomic E-state index is 0.0616. The van der Waals surface area contributed by atoms with Crippen molar-refractivity contribution in [3.05, 3.63) is 21.9 Å². The lowest BCUT2D eigenvalue weighted by Crippen LogP contribution is -2.23. The number of hydrogen-bond donors (Lipinski definition) is 1. The molecule has 0 atom stereocenters. The van der Waals surface area contributed by atoms with E-state index in [2.05, 4.69) is 12.2 Å². The molecule has 13 heavy (non-hydrogen) atoms. The number of carbonyl (C=O) groups excluding carboxylic acids is 1. The summed E-state index contributed by atoms with van der Waals surface area (Å²) >= 11 is 1.50. The van der Waals surface area contributed by atoms with E-state index in [0.717, 1.165) is 29.8 Å². The van der Waals surface area contributed by atoms with E-state index in [0.29, 0.717) is 0 Å². The summed E-state index contributed by atoms with van der Waals surface area (Å²) in [6.07, 6.45) is 2.17. The first-order valence-electron chi connectivity index (χ1n) is 4.57. The van der Waals surface area contributed by atoms with Crippen LogP contribution >= 0.6 is 11.3 Å². The maximum absolute atomic E-state index is 11.4. The van der Waals surface area contributed by atoms with Crippen LogP contribution in [0.1, 0.15) is 35.0 Å². The summed E-state index contributed by atoms with van der Waals surface area (Å²) in [7, 11) is 0. The predicted octanol–water partition coefficient (Wildman–Crippen LogP) is 2.59. The topological polar surface area (TPSA) is 29.1 Å². The minimum Gasteiger partial charge on any atom is -0.351 e. The van der Waals surface area contributed by atoms with Crippen molar-refractivity contribution >= 4 is 17.2 Å². The van der Waals surface area contributed by atoms with Gasteiger partial charge in [0.25, 0.3) is 5.91 Å². The Morgan fingerprint density at radius 2 is 2.38 bits per heavy atom. The summed E-state index contributed by atoms with van der Waals surface area (Å²) in [6, 6.07) is 1.92. The van der Waals surface area contributed by atoms with Gasteiger partial charge in [-0.1, -0.05) is 13.3 Å². The molecular formula is C10H15NOS. The standard InChI is InChI=1S/C10H15NOS/c1-3-4-5-11-10(12)9-6-8(2)7-13-9/h6-7H,3-5H2,1-2H3,(H,11,12). The van der Waals surface area contributed by atoms with Gasteiger partial charge in [0.2, 0.25) is 0 Å². The van der Waals surface area contributed by atoms with E-state index < -0.39 is 0 Å². The molecule has 1 amide bonds. The largest absolute Gasteiger partial charge is 0.351 e. The molecule has 0 unspecified atom stereocenters. The number of carbonyl (C=O) groups is 1. The van der Waals surface area contributed by atoms with E-state index in [-0.39, 0.29) is 5.91 Å². The quantitative estimate of drug-likeness (QED) is 0.738. The highest BCUT2D eigenvalue weighted by atomic mass is 32.1. The second-order valence-electron chi connectivity index (χ2n) is 3.10. The van der Waals surface area contributed by atoms with Gasteiger partial charge in [-0.3, -0.25) is 4.79 Å².